The van der Waals surface area contributed by atoms with E-state index in [1.807, 2.05) is 11.4 Å². The first-order valence-electron chi connectivity index (χ1n) is 5.62. The normalized spacial score (nSPS) is 9.88. The van der Waals surface area contributed by atoms with Crippen molar-refractivity contribution in [2.75, 3.05) is 5.32 Å². The van der Waals surface area contributed by atoms with Crippen LogP contribution in [0.1, 0.15) is 22.9 Å². The van der Waals surface area contributed by atoms with E-state index in [9.17, 15) is 0 Å². The monoisotopic (exact) mass is 242 g/mol. The van der Waals surface area contributed by atoms with Gasteiger partial charge in [0, 0.05) is 22.5 Å². The molecule has 0 atom stereocenters. The number of hydrogen-bond donors (Lipinski definition) is 1. The number of hydrogen-bond acceptors (Lipinski definition) is 3. The first kappa shape index (κ1) is 11.7. The lowest BCUT2D eigenvalue weighted by atomic mass is 10.1. The van der Waals surface area contributed by atoms with E-state index in [0.29, 0.717) is 0 Å². The molecule has 0 saturated heterocycles. The Kier molecular flexibility index (Phi) is 3.79. The Labute approximate surface area is 106 Å². The van der Waals surface area contributed by atoms with E-state index in [-0.39, 0.29) is 0 Å². The van der Waals surface area contributed by atoms with Gasteiger partial charge in [-0.1, -0.05) is 19.1 Å². The molecule has 1 heterocycles. The topological polar surface area (TPSA) is 35.8 Å². The van der Waals surface area contributed by atoms with Gasteiger partial charge in [-0.25, -0.2) is 0 Å². The fourth-order valence-electron chi connectivity index (χ4n) is 1.58. The van der Waals surface area contributed by atoms with E-state index < -0.39 is 0 Å². The van der Waals surface area contributed by atoms with E-state index in [0.717, 1.165) is 24.2 Å². The minimum atomic E-state index is 0.744. The first-order chi connectivity index (χ1) is 8.31. The van der Waals surface area contributed by atoms with E-state index in [4.69, 9.17) is 5.26 Å². The predicted octanol–water partition coefficient (Wildman–Crippen LogP) is 3.79. The van der Waals surface area contributed by atoms with Crippen molar-refractivity contribution < 1.29 is 0 Å². The standard InChI is InChI=1S/C14H14N2S/c1-2-11-3-5-13(6-4-11)16-9-14-7-12(8-15)10-17-14/h3-7,10,16H,2,9H2,1H3. The zero-order chi connectivity index (χ0) is 12.1. The highest BCUT2D eigenvalue weighted by Gasteiger charge is 1.99. The third-order valence-electron chi connectivity index (χ3n) is 2.61. The quantitative estimate of drug-likeness (QED) is 0.885. The van der Waals surface area contributed by atoms with Gasteiger partial charge in [-0.3, -0.25) is 0 Å². The zero-order valence-electron chi connectivity index (χ0n) is 9.73. The van der Waals surface area contributed by atoms with Crippen LogP contribution < -0.4 is 5.32 Å². The molecule has 1 N–H and O–H groups in total. The highest BCUT2D eigenvalue weighted by atomic mass is 32.1. The molecule has 1 aromatic carbocycles. The molecule has 0 aliphatic rings. The zero-order valence-corrected chi connectivity index (χ0v) is 10.6. The van der Waals surface area contributed by atoms with Gasteiger partial charge in [0.1, 0.15) is 6.07 Å². The lowest BCUT2D eigenvalue weighted by Crippen LogP contribution is -1.97. The average molecular weight is 242 g/mol. The molecule has 2 rings (SSSR count). The van der Waals surface area contributed by atoms with Crippen molar-refractivity contribution in [3.63, 3.8) is 0 Å². The summed E-state index contributed by atoms with van der Waals surface area (Å²) in [6.07, 6.45) is 1.07. The van der Waals surface area contributed by atoms with Crippen molar-refractivity contribution in [2.45, 2.75) is 19.9 Å². The first-order valence-corrected chi connectivity index (χ1v) is 6.50. The molecule has 86 valence electrons. The Morgan fingerprint density at radius 2 is 2.06 bits per heavy atom. The highest BCUT2D eigenvalue weighted by Crippen LogP contribution is 2.16. The molecular weight excluding hydrogens is 228 g/mol. The molecule has 0 aliphatic carbocycles. The van der Waals surface area contributed by atoms with Crippen molar-refractivity contribution in [3.8, 4) is 6.07 Å². The molecule has 17 heavy (non-hydrogen) atoms. The number of anilines is 1. The summed E-state index contributed by atoms with van der Waals surface area (Å²) in [5.41, 5.74) is 3.21. The molecule has 0 bridgehead atoms. The Morgan fingerprint density at radius 3 is 2.65 bits per heavy atom. The number of nitrogens with one attached hydrogen (secondary N) is 1. The van der Waals surface area contributed by atoms with Gasteiger partial charge >= 0.3 is 0 Å². The number of thiophene rings is 1. The summed E-state index contributed by atoms with van der Waals surface area (Å²) in [5, 5.41) is 14.0. The fraction of sp³-hybridized carbons (Fsp3) is 0.214. The lowest BCUT2D eigenvalue weighted by Gasteiger charge is -2.05. The lowest BCUT2D eigenvalue weighted by molar-refractivity contribution is 1.13. The van der Waals surface area contributed by atoms with Crippen LogP contribution in [0, 0.1) is 11.3 Å². The van der Waals surface area contributed by atoms with Crippen LogP contribution in [0.2, 0.25) is 0 Å². The molecular formula is C14H14N2S. The van der Waals surface area contributed by atoms with Gasteiger partial charge < -0.3 is 5.32 Å². The van der Waals surface area contributed by atoms with E-state index in [2.05, 4.69) is 42.6 Å². The van der Waals surface area contributed by atoms with Crippen molar-refractivity contribution >= 4 is 17.0 Å². The molecule has 2 aromatic rings. The summed E-state index contributed by atoms with van der Waals surface area (Å²) in [6.45, 7) is 2.93. The van der Waals surface area contributed by atoms with Crippen LogP contribution in [-0.2, 0) is 13.0 Å². The molecule has 0 fully saturated rings. The Morgan fingerprint density at radius 1 is 1.29 bits per heavy atom. The second kappa shape index (κ2) is 5.51. The second-order valence-corrected chi connectivity index (χ2v) is 4.81. The van der Waals surface area contributed by atoms with Crippen LogP contribution in [0.15, 0.2) is 35.7 Å². The number of nitrogens with zero attached hydrogens (tertiary/aromatic N) is 1. The maximum Gasteiger partial charge on any atom is 0.100 e. The van der Waals surface area contributed by atoms with Gasteiger partial charge in [0.05, 0.1) is 5.56 Å². The number of rotatable bonds is 4. The number of nitriles is 1. The van der Waals surface area contributed by atoms with Gasteiger partial charge in [-0.15, -0.1) is 11.3 Å². The second-order valence-electron chi connectivity index (χ2n) is 3.82. The minimum Gasteiger partial charge on any atom is -0.380 e. The summed E-state index contributed by atoms with van der Waals surface area (Å²) in [6, 6.07) is 12.5. The maximum atomic E-state index is 8.73. The van der Waals surface area contributed by atoms with Crippen LogP contribution in [-0.4, -0.2) is 0 Å². The van der Waals surface area contributed by atoms with Gasteiger partial charge in [0.2, 0.25) is 0 Å². The summed E-state index contributed by atoms with van der Waals surface area (Å²) in [7, 11) is 0. The molecule has 2 nitrogen and oxygen atoms in total. The third kappa shape index (κ3) is 3.08. The molecule has 3 heteroatoms. The number of aryl methyl sites for hydroxylation is 1. The SMILES string of the molecule is CCc1ccc(NCc2cc(C#N)cs2)cc1. The average Bonchev–Trinajstić information content (AvgIpc) is 2.85. The molecule has 0 radical (unpaired) electrons. The van der Waals surface area contributed by atoms with Crippen LogP contribution in [0.5, 0.6) is 0 Å². The summed E-state index contributed by atoms with van der Waals surface area (Å²) >= 11 is 1.62. The van der Waals surface area contributed by atoms with Gasteiger partial charge in [-0.2, -0.15) is 5.26 Å². The van der Waals surface area contributed by atoms with E-state index in [1.54, 1.807) is 11.3 Å². The van der Waals surface area contributed by atoms with Crippen LogP contribution in [0.3, 0.4) is 0 Å². The summed E-state index contributed by atoms with van der Waals surface area (Å²) in [4.78, 5) is 1.18. The molecule has 0 spiro atoms. The van der Waals surface area contributed by atoms with Crippen molar-refractivity contribution in [3.05, 3.63) is 51.7 Å². The van der Waals surface area contributed by atoms with E-state index >= 15 is 0 Å². The van der Waals surface area contributed by atoms with Crippen molar-refractivity contribution in [1.82, 2.24) is 0 Å². The molecule has 1 aromatic heterocycles. The summed E-state index contributed by atoms with van der Waals surface area (Å²) in [5.74, 6) is 0. The largest absolute Gasteiger partial charge is 0.380 e. The molecule has 0 unspecified atom stereocenters. The highest BCUT2D eigenvalue weighted by molar-refractivity contribution is 7.10. The predicted molar refractivity (Wildman–Crippen MR) is 72.2 cm³/mol. The Balaban J connectivity index is 1.95. The van der Waals surface area contributed by atoms with Crippen molar-refractivity contribution in [1.29, 1.82) is 5.26 Å². The maximum absolute atomic E-state index is 8.73. The summed E-state index contributed by atoms with van der Waals surface area (Å²) < 4.78 is 0. The fourth-order valence-corrected chi connectivity index (χ4v) is 2.33. The number of benzene rings is 1. The molecule has 0 saturated carbocycles. The third-order valence-corrected chi connectivity index (χ3v) is 3.55. The molecule has 0 aliphatic heterocycles. The Hall–Kier alpha value is -1.79. The Bertz CT molecular complexity index is 520. The van der Waals surface area contributed by atoms with Crippen LogP contribution in [0.25, 0.3) is 0 Å². The molecule has 0 amide bonds. The van der Waals surface area contributed by atoms with Gasteiger partial charge in [0.15, 0.2) is 0 Å². The smallest absolute Gasteiger partial charge is 0.100 e. The van der Waals surface area contributed by atoms with E-state index in [1.165, 1.54) is 10.4 Å². The van der Waals surface area contributed by atoms with Gasteiger partial charge in [-0.05, 0) is 30.2 Å². The van der Waals surface area contributed by atoms with Crippen molar-refractivity contribution in [2.24, 2.45) is 0 Å². The van der Waals surface area contributed by atoms with Crippen LogP contribution >= 0.6 is 11.3 Å². The minimum absolute atomic E-state index is 0.744. The van der Waals surface area contributed by atoms with Gasteiger partial charge in [0.25, 0.3) is 0 Å². The van der Waals surface area contributed by atoms with Crippen LogP contribution in [0.4, 0.5) is 5.69 Å².